The maximum Gasteiger partial charge on any atom is 0.233 e. The molecule has 5 aliphatic rings. The van der Waals surface area contributed by atoms with Gasteiger partial charge in [0.25, 0.3) is 0 Å². The molecule has 2 N–H and O–H groups in total. The number of hydrogen-bond donors (Lipinski definition) is 2. The van der Waals surface area contributed by atoms with E-state index in [4.69, 9.17) is 4.74 Å². The summed E-state index contributed by atoms with van der Waals surface area (Å²) >= 11 is 3.25. The lowest BCUT2D eigenvalue weighted by molar-refractivity contribution is -0.140. The highest BCUT2D eigenvalue weighted by Crippen LogP contribution is 2.55. The summed E-state index contributed by atoms with van der Waals surface area (Å²) in [6.07, 6.45) is 6.31. The Hall–Kier alpha value is -4.24. The number of amides is 2. The number of Topliss-reactive ketones (excluding diaryl/α,β-unsaturated/α-hetero) is 1. The molecule has 2 aromatic rings. The topological polar surface area (TPSA) is 121 Å². The van der Waals surface area contributed by atoms with Gasteiger partial charge in [-0.2, -0.15) is 0 Å². The fourth-order valence-corrected chi connectivity index (χ4v) is 7.65. The van der Waals surface area contributed by atoms with Gasteiger partial charge >= 0.3 is 0 Å². The number of carbonyl (C=O) groups excluding carboxylic acids is 4. The van der Waals surface area contributed by atoms with Crippen molar-refractivity contribution in [3.63, 3.8) is 0 Å². The maximum atomic E-state index is 13.9. The summed E-state index contributed by atoms with van der Waals surface area (Å²) in [7, 11) is 0. The van der Waals surface area contributed by atoms with Crippen LogP contribution in [0.3, 0.4) is 0 Å². The summed E-state index contributed by atoms with van der Waals surface area (Å²) in [6.45, 7) is 0.222. The van der Waals surface area contributed by atoms with Gasteiger partial charge in [0.1, 0.15) is 17.2 Å². The van der Waals surface area contributed by atoms with Crippen molar-refractivity contribution in [3.05, 3.63) is 98.8 Å². The molecule has 0 aromatic heterocycles. The minimum Gasteiger partial charge on any atom is -0.508 e. The Kier molecular flexibility index (Phi) is 6.31. The highest BCUT2D eigenvalue weighted by atomic mass is 79.9. The number of imide groups is 1. The zero-order valence-electron chi connectivity index (χ0n) is 22.4. The zero-order chi connectivity index (χ0) is 29.3. The van der Waals surface area contributed by atoms with E-state index < -0.39 is 23.7 Å². The second-order valence-corrected chi connectivity index (χ2v) is 12.3. The molecule has 212 valence electrons. The number of ether oxygens (including phenoxy) is 1. The van der Waals surface area contributed by atoms with E-state index in [1.54, 1.807) is 48.7 Å². The molecule has 4 atom stereocenters. The van der Waals surface area contributed by atoms with E-state index >= 15 is 0 Å². The van der Waals surface area contributed by atoms with Gasteiger partial charge in [-0.25, -0.2) is 0 Å². The first-order valence-corrected chi connectivity index (χ1v) is 14.7. The van der Waals surface area contributed by atoms with Crippen molar-refractivity contribution in [1.82, 2.24) is 4.90 Å². The molecular formula is C33H26BrNO7. The van der Waals surface area contributed by atoms with E-state index in [9.17, 15) is 29.4 Å². The third-order valence-electron chi connectivity index (χ3n) is 9.13. The standard InChI is InChI=1S/C33H26BrNO7/c34-25-14-26(38)30-24(31(25)39)13-23-21(28(30)18-11-17-12-20(37)5-8-27(17)42-15-18)6-7-22-29(23)33(41)35(32(22)40)10-9-16-1-3-19(36)4-2-16/h1-6,8,12,14-15,22-23,28-29,36-37H,7,9-11,13H2. The van der Waals surface area contributed by atoms with Gasteiger partial charge in [-0.3, -0.25) is 24.1 Å². The number of fused-ring (bicyclic) bond motifs is 4. The van der Waals surface area contributed by atoms with E-state index in [0.717, 1.165) is 22.3 Å². The minimum absolute atomic E-state index is 0.0954. The Bertz CT molecular complexity index is 1710. The molecular weight excluding hydrogens is 602 g/mol. The van der Waals surface area contributed by atoms with Crippen LogP contribution < -0.4 is 4.74 Å². The van der Waals surface area contributed by atoms with Crippen molar-refractivity contribution in [2.24, 2.45) is 23.7 Å². The fourth-order valence-electron chi connectivity index (χ4n) is 7.21. The molecule has 4 unspecified atom stereocenters. The molecule has 2 amide bonds. The molecule has 0 radical (unpaired) electrons. The van der Waals surface area contributed by atoms with Crippen molar-refractivity contribution >= 4 is 39.3 Å². The van der Waals surface area contributed by atoms with Crippen LogP contribution in [0.1, 0.15) is 24.0 Å². The van der Waals surface area contributed by atoms with Crippen LogP contribution in [0.5, 0.6) is 17.2 Å². The molecule has 0 bridgehead atoms. The number of halogens is 1. The average Bonchev–Trinajstić information content (AvgIpc) is 3.23. The van der Waals surface area contributed by atoms with Gasteiger partial charge in [0, 0.05) is 41.7 Å². The van der Waals surface area contributed by atoms with Crippen LogP contribution in [0.4, 0.5) is 0 Å². The van der Waals surface area contributed by atoms with Crippen LogP contribution in [-0.4, -0.2) is 45.0 Å². The van der Waals surface area contributed by atoms with Crippen LogP contribution in [0.2, 0.25) is 0 Å². The highest BCUT2D eigenvalue weighted by Gasteiger charge is 2.56. The molecule has 2 heterocycles. The Morgan fingerprint density at radius 1 is 0.952 bits per heavy atom. The van der Waals surface area contributed by atoms with E-state index in [2.05, 4.69) is 15.9 Å². The van der Waals surface area contributed by atoms with Gasteiger partial charge in [0.2, 0.25) is 11.8 Å². The predicted octanol–water partition coefficient (Wildman–Crippen LogP) is 4.45. The molecule has 7 rings (SSSR count). The quantitative estimate of drug-likeness (QED) is 0.292. The zero-order valence-corrected chi connectivity index (χ0v) is 24.0. The van der Waals surface area contributed by atoms with Crippen LogP contribution in [-0.2, 0) is 32.0 Å². The van der Waals surface area contributed by atoms with Crippen LogP contribution >= 0.6 is 15.9 Å². The number of nitrogens with zero attached hydrogens (tertiary/aromatic N) is 1. The number of benzene rings is 2. The Balaban J connectivity index is 1.25. The minimum atomic E-state index is -0.636. The molecule has 0 saturated carbocycles. The third kappa shape index (κ3) is 4.17. The van der Waals surface area contributed by atoms with E-state index in [-0.39, 0.29) is 52.3 Å². The number of carbonyl (C=O) groups is 4. The van der Waals surface area contributed by atoms with Gasteiger partial charge in [-0.1, -0.05) is 23.8 Å². The van der Waals surface area contributed by atoms with Crippen molar-refractivity contribution in [3.8, 4) is 17.2 Å². The fraction of sp³-hybridized carbons (Fsp3) is 0.273. The van der Waals surface area contributed by atoms with Crippen molar-refractivity contribution in [2.75, 3.05) is 6.54 Å². The lowest BCUT2D eigenvalue weighted by Gasteiger charge is -2.43. The molecule has 2 aliphatic heterocycles. The Morgan fingerprint density at radius 3 is 2.50 bits per heavy atom. The number of phenols is 2. The smallest absolute Gasteiger partial charge is 0.233 e. The largest absolute Gasteiger partial charge is 0.508 e. The van der Waals surface area contributed by atoms with Gasteiger partial charge in [0.15, 0.2) is 11.6 Å². The summed E-state index contributed by atoms with van der Waals surface area (Å²) in [4.78, 5) is 55.7. The van der Waals surface area contributed by atoms with Gasteiger partial charge in [-0.15, -0.1) is 0 Å². The summed E-state index contributed by atoms with van der Waals surface area (Å²) in [5.41, 5.74) is 4.03. The maximum absolute atomic E-state index is 13.9. The molecule has 3 aliphatic carbocycles. The average molecular weight is 628 g/mol. The molecule has 1 fully saturated rings. The Morgan fingerprint density at radius 2 is 1.71 bits per heavy atom. The monoisotopic (exact) mass is 627 g/mol. The number of phenolic OH excluding ortho intramolecular Hbond substituents is 2. The summed E-state index contributed by atoms with van der Waals surface area (Å²) < 4.78 is 6.10. The molecule has 9 heteroatoms. The number of ketones is 2. The Labute approximate surface area is 249 Å². The first-order valence-electron chi connectivity index (χ1n) is 13.9. The van der Waals surface area contributed by atoms with Crippen LogP contribution in [0.25, 0.3) is 0 Å². The van der Waals surface area contributed by atoms with Crippen LogP contribution in [0.15, 0.2) is 87.7 Å². The molecule has 1 saturated heterocycles. The molecule has 42 heavy (non-hydrogen) atoms. The van der Waals surface area contributed by atoms with Gasteiger partial charge in [-0.05, 0) is 82.6 Å². The number of likely N-dealkylation sites (tertiary alicyclic amines) is 1. The van der Waals surface area contributed by atoms with Crippen molar-refractivity contribution in [1.29, 1.82) is 0 Å². The van der Waals surface area contributed by atoms with E-state index in [1.807, 2.05) is 6.08 Å². The van der Waals surface area contributed by atoms with Crippen molar-refractivity contribution < 1.29 is 34.1 Å². The van der Waals surface area contributed by atoms with E-state index in [1.165, 1.54) is 11.0 Å². The second kappa shape index (κ2) is 9.94. The normalized spacial score (nSPS) is 26.5. The molecule has 2 aromatic carbocycles. The number of aromatic hydroxyl groups is 2. The van der Waals surface area contributed by atoms with Crippen molar-refractivity contribution in [2.45, 2.75) is 25.7 Å². The third-order valence-corrected chi connectivity index (χ3v) is 9.72. The van der Waals surface area contributed by atoms with Gasteiger partial charge in [0.05, 0.1) is 22.6 Å². The highest BCUT2D eigenvalue weighted by molar-refractivity contribution is 9.12. The summed E-state index contributed by atoms with van der Waals surface area (Å²) in [5.74, 6) is -2.36. The van der Waals surface area contributed by atoms with Crippen LogP contribution in [0, 0.1) is 23.7 Å². The lowest BCUT2D eigenvalue weighted by Crippen LogP contribution is -2.41. The SMILES string of the molecule is O=C1C=C(Br)C(=O)C2=C1C(C1=COc3ccc(O)cc3C1)C1=CCC3C(=O)N(CCc4ccc(O)cc4)C(=O)C3C1C2. The molecule has 8 nitrogen and oxygen atoms in total. The van der Waals surface area contributed by atoms with E-state index in [0.29, 0.717) is 36.2 Å². The first-order chi connectivity index (χ1) is 20.2. The van der Waals surface area contributed by atoms with Gasteiger partial charge < -0.3 is 14.9 Å². The predicted molar refractivity (Wildman–Crippen MR) is 154 cm³/mol. The number of allylic oxidation sites excluding steroid dienone is 7. The first kappa shape index (κ1) is 26.6. The molecule has 0 spiro atoms. The summed E-state index contributed by atoms with van der Waals surface area (Å²) in [5, 5.41) is 19.7. The number of hydrogen-bond acceptors (Lipinski definition) is 7. The number of rotatable bonds is 4. The second-order valence-electron chi connectivity index (χ2n) is 11.4. The summed E-state index contributed by atoms with van der Waals surface area (Å²) in [6, 6.07) is 11.5. The lowest BCUT2D eigenvalue weighted by atomic mass is 9.59.